The minimum atomic E-state index is -0.437. The summed E-state index contributed by atoms with van der Waals surface area (Å²) in [6, 6.07) is 4.63. The van der Waals surface area contributed by atoms with Crippen LogP contribution in [0.4, 0.5) is 5.00 Å². The van der Waals surface area contributed by atoms with Crippen LogP contribution in [0.1, 0.15) is 22.2 Å². The van der Waals surface area contributed by atoms with Gasteiger partial charge in [-0.3, -0.25) is 14.2 Å². The van der Waals surface area contributed by atoms with Gasteiger partial charge in [-0.05, 0) is 37.6 Å². The predicted octanol–water partition coefficient (Wildman–Crippen LogP) is 3.89. The Hall–Kier alpha value is -2.42. The number of aromatic nitrogens is 2. The zero-order chi connectivity index (χ0) is 20.4. The van der Waals surface area contributed by atoms with Crippen molar-refractivity contribution < 1.29 is 14.3 Å². The molecule has 2 heterocycles. The number of nitrogens with zero attached hydrogens (tertiary/aromatic N) is 2. The molecule has 7 nitrogen and oxygen atoms in total. The van der Waals surface area contributed by atoms with Crippen molar-refractivity contribution in [1.29, 1.82) is 0 Å². The number of carbonyl (C=O) groups is 2. The van der Waals surface area contributed by atoms with E-state index in [4.69, 9.17) is 27.9 Å². The number of benzene rings is 1. The third kappa shape index (κ3) is 4.19. The molecule has 0 atom stereocenters. The van der Waals surface area contributed by atoms with E-state index in [2.05, 4.69) is 10.3 Å². The highest BCUT2D eigenvalue weighted by Crippen LogP contribution is 2.27. The van der Waals surface area contributed by atoms with Crippen LogP contribution in [0.2, 0.25) is 10.0 Å². The van der Waals surface area contributed by atoms with Crippen molar-refractivity contribution in [2.24, 2.45) is 0 Å². The second kappa shape index (κ2) is 8.30. The number of esters is 1. The largest absolute Gasteiger partial charge is 0.462 e. The van der Waals surface area contributed by atoms with E-state index in [0.717, 1.165) is 15.9 Å². The van der Waals surface area contributed by atoms with Crippen LogP contribution in [-0.4, -0.2) is 28.0 Å². The third-order valence-electron chi connectivity index (χ3n) is 3.80. The van der Waals surface area contributed by atoms with Gasteiger partial charge in [0.25, 0.3) is 5.56 Å². The van der Waals surface area contributed by atoms with E-state index >= 15 is 0 Å². The molecule has 10 heteroatoms. The number of fused-ring (bicyclic) bond motifs is 1. The molecule has 2 aromatic heterocycles. The lowest BCUT2D eigenvalue weighted by Gasteiger charge is -2.08. The molecule has 1 aromatic carbocycles. The van der Waals surface area contributed by atoms with Crippen molar-refractivity contribution in [2.45, 2.75) is 20.4 Å². The molecule has 0 aliphatic rings. The summed E-state index contributed by atoms with van der Waals surface area (Å²) < 4.78 is 6.15. The van der Waals surface area contributed by atoms with E-state index in [-0.39, 0.29) is 23.6 Å². The molecule has 146 valence electrons. The molecule has 3 rings (SSSR count). The highest BCUT2D eigenvalue weighted by atomic mass is 35.5. The van der Waals surface area contributed by atoms with Crippen LogP contribution in [-0.2, 0) is 16.1 Å². The maximum atomic E-state index is 12.6. The van der Waals surface area contributed by atoms with Gasteiger partial charge in [-0.2, -0.15) is 0 Å². The van der Waals surface area contributed by atoms with E-state index in [0.29, 0.717) is 26.0 Å². The molecule has 1 amide bonds. The fourth-order valence-electron chi connectivity index (χ4n) is 2.58. The first kappa shape index (κ1) is 20.3. The summed E-state index contributed by atoms with van der Waals surface area (Å²) in [4.78, 5) is 41.4. The average Bonchev–Trinajstić information content (AvgIpc) is 2.98. The highest BCUT2D eigenvalue weighted by molar-refractivity contribution is 7.18. The number of anilines is 1. The van der Waals surface area contributed by atoms with E-state index in [1.54, 1.807) is 19.9 Å². The molecule has 0 bridgehead atoms. The molecular formula is C18H15Cl2N3O4S. The van der Waals surface area contributed by atoms with E-state index in [1.165, 1.54) is 18.5 Å². The molecule has 0 saturated carbocycles. The molecule has 0 saturated heterocycles. The van der Waals surface area contributed by atoms with Gasteiger partial charge in [0.2, 0.25) is 5.91 Å². The van der Waals surface area contributed by atoms with Gasteiger partial charge in [0.05, 0.1) is 33.9 Å². The van der Waals surface area contributed by atoms with Crippen LogP contribution in [0, 0.1) is 6.92 Å². The summed E-state index contributed by atoms with van der Waals surface area (Å²) in [5.74, 6) is -0.873. The first-order valence-corrected chi connectivity index (χ1v) is 9.79. The number of ether oxygens (including phenoxy) is 1. The number of aryl methyl sites for hydroxylation is 1. The number of halogens is 2. The van der Waals surface area contributed by atoms with Crippen molar-refractivity contribution >= 4 is 62.3 Å². The van der Waals surface area contributed by atoms with E-state index in [1.807, 2.05) is 0 Å². The number of hydrogen-bond acceptors (Lipinski definition) is 6. The van der Waals surface area contributed by atoms with Crippen LogP contribution in [0.15, 0.2) is 29.3 Å². The van der Waals surface area contributed by atoms with Crippen molar-refractivity contribution in [3.8, 4) is 0 Å². The number of hydrogen-bond donors (Lipinski definition) is 1. The predicted molar refractivity (Wildman–Crippen MR) is 110 cm³/mol. The third-order valence-corrected chi connectivity index (χ3v) is 5.44. The summed E-state index contributed by atoms with van der Waals surface area (Å²) in [6.07, 6.45) is 1.26. The summed E-state index contributed by atoms with van der Waals surface area (Å²) in [6.45, 7) is 3.49. The summed E-state index contributed by atoms with van der Waals surface area (Å²) >= 11 is 13.1. The van der Waals surface area contributed by atoms with E-state index < -0.39 is 17.4 Å². The number of carbonyl (C=O) groups excluding carboxylic acids is 2. The molecule has 0 aliphatic heterocycles. The number of amides is 1. The van der Waals surface area contributed by atoms with Gasteiger partial charge in [0.1, 0.15) is 11.4 Å². The summed E-state index contributed by atoms with van der Waals surface area (Å²) in [7, 11) is 0. The van der Waals surface area contributed by atoms with Gasteiger partial charge < -0.3 is 10.1 Å². The van der Waals surface area contributed by atoms with Crippen LogP contribution in [0.3, 0.4) is 0 Å². The van der Waals surface area contributed by atoms with Crippen LogP contribution >= 0.6 is 34.5 Å². The SMILES string of the molecule is CCOC(=O)c1sc(NC(=O)Cn2cnc3c(Cl)cc(Cl)cc3c2=O)cc1C. The lowest BCUT2D eigenvalue weighted by molar-refractivity contribution is -0.116. The van der Waals surface area contributed by atoms with Gasteiger partial charge in [-0.25, -0.2) is 9.78 Å². The van der Waals surface area contributed by atoms with E-state index in [9.17, 15) is 14.4 Å². The molecule has 28 heavy (non-hydrogen) atoms. The Kier molecular flexibility index (Phi) is 6.02. The van der Waals surface area contributed by atoms with Crippen LogP contribution < -0.4 is 10.9 Å². The smallest absolute Gasteiger partial charge is 0.348 e. The van der Waals surface area contributed by atoms with Gasteiger partial charge in [0, 0.05) is 5.02 Å². The Morgan fingerprint density at radius 1 is 1.29 bits per heavy atom. The monoisotopic (exact) mass is 439 g/mol. The Morgan fingerprint density at radius 3 is 2.75 bits per heavy atom. The lowest BCUT2D eigenvalue weighted by atomic mass is 10.2. The average molecular weight is 440 g/mol. The molecule has 0 spiro atoms. The molecule has 0 radical (unpaired) electrons. The fraction of sp³-hybridized carbons (Fsp3) is 0.222. The second-order valence-electron chi connectivity index (χ2n) is 5.85. The normalized spacial score (nSPS) is 10.9. The maximum absolute atomic E-state index is 12.6. The van der Waals surface area contributed by atoms with Gasteiger partial charge in [-0.15, -0.1) is 11.3 Å². The molecule has 0 unspecified atom stereocenters. The van der Waals surface area contributed by atoms with Crippen molar-refractivity contribution in [3.05, 3.63) is 55.4 Å². The van der Waals surface area contributed by atoms with Crippen LogP contribution in [0.5, 0.6) is 0 Å². The minimum Gasteiger partial charge on any atom is -0.462 e. The van der Waals surface area contributed by atoms with Gasteiger partial charge in [-0.1, -0.05) is 23.2 Å². The van der Waals surface area contributed by atoms with Crippen LogP contribution in [0.25, 0.3) is 10.9 Å². The molecule has 1 N–H and O–H groups in total. The zero-order valence-electron chi connectivity index (χ0n) is 14.9. The fourth-order valence-corrected chi connectivity index (χ4v) is 4.11. The van der Waals surface area contributed by atoms with Gasteiger partial charge >= 0.3 is 5.97 Å². The first-order valence-electron chi connectivity index (χ1n) is 8.21. The summed E-state index contributed by atoms with van der Waals surface area (Å²) in [5.41, 5.74) is 0.590. The Balaban J connectivity index is 1.81. The Bertz CT molecular complexity index is 1140. The van der Waals surface area contributed by atoms with Crippen molar-refractivity contribution in [1.82, 2.24) is 9.55 Å². The maximum Gasteiger partial charge on any atom is 0.348 e. The quantitative estimate of drug-likeness (QED) is 0.608. The zero-order valence-corrected chi connectivity index (χ0v) is 17.2. The lowest BCUT2D eigenvalue weighted by Crippen LogP contribution is -2.27. The molecular weight excluding hydrogens is 425 g/mol. The Labute approximate surface area is 173 Å². The first-order chi connectivity index (χ1) is 13.3. The van der Waals surface area contributed by atoms with Crippen molar-refractivity contribution in [3.63, 3.8) is 0 Å². The van der Waals surface area contributed by atoms with Gasteiger partial charge in [0.15, 0.2) is 0 Å². The molecule has 0 aliphatic carbocycles. The minimum absolute atomic E-state index is 0.226. The molecule has 0 fully saturated rings. The standard InChI is InChI=1S/C18H15Cl2N3O4S/c1-3-27-18(26)16-9(2)4-14(28-16)22-13(24)7-23-8-21-15-11(17(23)25)5-10(19)6-12(15)20/h4-6,8H,3,7H2,1-2H3,(H,22,24). The topological polar surface area (TPSA) is 90.3 Å². The number of rotatable bonds is 5. The molecule has 3 aromatic rings. The summed E-state index contributed by atoms with van der Waals surface area (Å²) in [5, 5.41) is 3.96. The van der Waals surface area contributed by atoms with Crippen molar-refractivity contribution in [2.75, 3.05) is 11.9 Å². The Morgan fingerprint density at radius 2 is 2.04 bits per heavy atom. The second-order valence-corrected chi connectivity index (χ2v) is 7.75. The number of nitrogens with one attached hydrogen (secondary N) is 1. The highest BCUT2D eigenvalue weighted by Gasteiger charge is 2.17. The number of thiophene rings is 1.